The Morgan fingerprint density at radius 2 is 0.774 bits per heavy atom. The maximum atomic E-state index is 6.27. The molecule has 11 aromatic rings. The van der Waals surface area contributed by atoms with Gasteiger partial charge in [-0.3, -0.25) is 0 Å². The fourth-order valence-corrected chi connectivity index (χ4v) is 8.76. The molecule has 10 aromatic carbocycles. The Balaban J connectivity index is 1.33. The van der Waals surface area contributed by atoms with E-state index in [4.69, 9.17) is 4.42 Å². The van der Waals surface area contributed by atoms with Gasteiger partial charge < -0.3 is 4.42 Å². The molecule has 0 bridgehead atoms. The van der Waals surface area contributed by atoms with E-state index < -0.39 is 0 Å². The predicted molar refractivity (Wildman–Crippen MR) is 225 cm³/mol. The SMILES string of the molecule is c1ccc(-c2cc3c(ccc4ccccc43)c(-c3ccccc3)c2-c2c3ccccc3c(-c3ccc4oc5ccccc5c4c3)c3ccccc23)cc1. The number of hydrogen-bond donors (Lipinski definition) is 0. The largest absolute Gasteiger partial charge is 0.456 e. The van der Waals surface area contributed by atoms with E-state index in [2.05, 4.69) is 188 Å². The lowest BCUT2D eigenvalue weighted by Crippen LogP contribution is -1.97. The van der Waals surface area contributed by atoms with Crippen molar-refractivity contribution in [1.82, 2.24) is 0 Å². The Kier molecular flexibility index (Phi) is 6.62. The van der Waals surface area contributed by atoms with Crippen molar-refractivity contribution in [3.05, 3.63) is 194 Å². The highest BCUT2D eigenvalue weighted by molar-refractivity contribution is 6.27. The summed E-state index contributed by atoms with van der Waals surface area (Å²) >= 11 is 0. The van der Waals surface area contributed by atoms with Gasteiger partial charge in [0.2, 0.25) is 0 Å². The van der Waals surface area contributed by atoms with Crippen LogP contribution in [0.25, 0.3) is 110 Å². The average Bonchev–Trinajstić information content (AvgIpc) is 3.61. The van der Waals surface area contributed by atoms with Crippen molar-refractivity contribution in [2.24, 2.45) is 0 Å². The minimum absolute atomic E-state index is 0.906. The molecule has 0 aliphatic rings. The van der Waals surface area contributed by atoms with Crippen LogP contribution in [-0.4, -0.2) is 0 Å². The minimum Gasteiger partial charge on any atom is -0.456 e. The van der Waals surface area contributed by atoms with Crippen LogP contribution < -0.4 is 0 Å². The highest BCUT2D eigenvalue weighted by Gasteiger charge is 2.25. The van der Waals surface area contributed by atoms with Crippen molar-refractivity contribution < 1.29 is 4.42 Å². The van der Waals surface area contributed by atoms with Gasteiger partial charge in [-0.25, -0.2) is 0 Å². The predicted octanol–water partition coefficient (Wildman–Crippen LogP) is 14.9. The lowest BCUT2D eigenvalue weighted by atomic mass is 9.78. The van der Waals surface area contributed by atoms with Crippen LogP contribution in [0.1, 0.15) is 0 Å². The first-order chi connectivity index (χ1) is 26.3. The Bertz CT molecular complexity index is 3150. The summed E-state index contributed by atoms with van der Waals surface area (Å²) in [5.41, 5.74) is 11.6. The van der Waals surface area contributed by atoms with Crippen molar-refractivity contribution in [3.8, 4) is 44.5 Å². The summed E-state index contributed by atoms with van der Waals surface area (Å²) in [7, 11) is 0. The van der Waals surface area contributed by atoms with E-state index in [-0.39, 0.29) is 0 Å². The molecule has 0 amide bonds. The molecule has 0 saturated carbocycles. The van der Waals surface area contributed by atoms with Gasteiger partial charge in [-0.2, -0.15) is 0 Å². The van der Waals surface area contributed by atoms with E-state index in [0.717, 1.165) is 21.9 Å². The number of rotatable bonds is 4. The van der Waals surface area contributed by atoms with Crippen LogP contribution in [-0.2, 0) is 0 Å². The number of para-hydroxylation sites is 1. The van der Waals surface area contributed by atoms with Crippen LogP contribution in [0.5, 0.6) is 0 Å². The number of hydrogen-bond acceptors (Lipinski definition) is 1. The van der Waals surface area contributed by atoms with Crippen LogP contribution in [0.4, 0.5) is 0 Å². The number of fused-ring (bicyclic) bond motifs is 8. The summed E-state index contributed by atoms with van der Waals surface area (Å²) < 4.78 is 6.27. The fraction of sp³-hybridized carbons (Fsp3) is 0. The van der Waals surface area contributed by atoms with Gasteiger partial charge in [-0.05, 0) is 112 Å². The van der Waals surface area contributed by atoms with E-state index in [0.29, 0.717) is 0 Å². The van der Waals surface area contributed by atoms with E-state index in [1.54, 1.807) is 0 Å². The summed E-state index contributed by atoms with van der Waals surface area (Å²) in [5.74, 6) is 0. The van der Waals surface area contributed by atoms with Crippen molar-refractivity contribution in [2.75, 3.05) is 0 Å². The zero-order valence-electron chi connectivity index (χ0n) is 28.9. The highest BCUT2D eigenvalue weighted by Crippen LogP contribution is 2.52. The zero-order chi connectivity index (χ0) is 34.9. The van der Waals surface area contributed by atoms with Gasteiger partial charge in [0.05, 0.1) is 0 Å². The van der Waals surface area contributed by atoms with Crippen LogP contribution in [0.2, 0.25) is 0 Å². The summed E-state index contributed by atoms with van der Waals surface area (Å²) in [6.07, 6.45) is 0. The number of benzene rings is 10. The molecule has 1 heterocycles. The highest BCUT2D eigenvalue weighted by atomic mass is 16.3. The number of furan rings is 1. The second kappa shape index (κ2) is 11.8. The quantitative estimate of drug-likeness (QED) is 0.134. The van der Waals surface area contributed by atoms with Gasteiger partial charge in [0.15, 0.2) is 0 Å². The third-order valence-electron chi connectivity index (χ3n) is 11.0. The molecule has 0 spiro atoms. The maximum Gasteiger partial charge on any atom is 0.135 e. The Morgan fingerprint density at radius 1 is 0.245 bits per heavy atom. The molecule has 11 rings (SSSR count). The van der Waals surface area contributed by atoms with E-state index in [1.807, 2.05) is 6.07 Å². The maximum absolute atomic E-state index is 6.27. The van der Waals surface area contributed by atoms with Crippen molar-refractivity contribution in [3.63, 3.8) is 0 Å². The van der Waals surface area contributed by atoms with Gasteiger partial charge >= 0.3 is 0 Å². The topological polar surface area (TPSA) is 13.1 Å². The molecular formula is C52H32O. The molecule has 0 aliphatic carbocycles. The molecular weight excluding hydrogens is 641 g/mol. The molecule has 1 aromatic heterocycles. The second-order valence-corrected chi connectivity index (χ2v) is 13.9. The van der Waals surface area contributed by atoms with Crippen LogP contribution in [0.3, 0.4) is 0 Å². The third-order valence-corrected chi connectivity index (χ3v) is 11.0. The van der Waals surface area contributed by atoms with Crippen LogP contribution >= 0.6 is 0 Å². The smallest absolute Gasteiger partial charge is 0.135 e. The van der Waals surface area contributed by atoms with Crippen molar-refractivity contribution in [2.45, 2.75) is 0 Å². The van der Waals surface area contributed by atoms with E-state index >= 15 is 0 Å². The summed E-state index contributed by atoms with van der Waals surface area (Å²) in [4.78, 5) is 0. The molecule has 0 unspecified atom stereocenters. The van der Waals surface area contributed by atoms with Crippen molar-refractivity contribution in [1.29, 1.82) is 0 Å². The molecule has 53 heavy (non-hydrogen) atoms. The Labute approximate surface area is 307 Å². The normalized spacial score (nSPS) is 11.8. The standard InChI is InChI=1S/C52H32O/c1-3-15-33(16-4-1)44-32-45-37-20-8-7-17-34(37)27-29-43(45)50(35-18-5-2-6-19-35)52(44)51-41-24-11-9-22-39(41)49(40-23-10-12-25-42(40)51)36-28-30-48-46(31-36)38-21-13-14-26-47(38)53-48/h1-32H. The van der Waals surface area contributed by atoms with Crippen molar-refractivity contribution >= 4 is 65.0 Å². The molecule has 0 radical (unpaired) electrons. The zero-order valence-corrected chi connectivity index (χ0v) is 28.9. The fourth-order valence-electron chi connectivity index (χ4n) is 8.76. The third kappa shape index (κ3) is 4.58. The molecule has 1 heteroatoms. The van der Waals surface area contributed by atoms with Gasteiger partial charge in [0.1, 0.15) is 11.2 Å². The molecule has 0 atom stereocenters. The lowest BCUT2D eigenvalue weighted by molar-refractivity contribution is 0.669. The molecule has 0 N–H and O–H groups in total. The van der Waals surface area contributed by atoms with Gasteiger partial charge in [-0.15, -0.1) is 0 Å². The molecule has 246 valence electrons. The molecule has 0 saturated heterocycles. The first-order valence-corrected chi connectivity index (χ1v) is 18.3. The van der Waals surface area contributed by atoms with E-state index in [9.17, 15) is 0 Å². The summed E-state index contributed by atoms with van der Waals surface area (Å²) in [6.45, 7) is 0. The average molecular weight is 673 g/mol. The van der Waals surface area contributed by atoms with Crippen LogP contribution in [0, 0.1) is 0 Å². The minimum atomic E-state index is 0.906. The van der Waals surface area contributed by atoms with Crippen LogP contribution in [0.15, 0.2) is 199 Å². The first kappa shape index (κ1) is 29.7. The van der Waals surface area contributed by atoms with Gasteiger partial charge in [0.25, 0.3) is 0 Å². The monoisotopic (exact) mass is 672 g/mol. The first-order valence-electron chi connectivity index (χ1n) is 18.3. The molecule has 0 aliphatic heterocycles. The summed E-state index contributed by atoms with van der Waals surface area (Å²) in [5, 5.41) is 12.2. The lowest BCUT2D eigenvalue weighted by Gasteiger charge is -2.24. The van der Waals surface area contributed by atoms with E-state index in [1.165, 1.54) is 87.6 Å². The second-order valence-electron chi connectivity index (χ2n) is 13.9. The van der Waals surface area contributed by atoms with Gasteiger partial charge in [-0.1, -0.05) is 170 Å². The van der Waals surface area contributed by atoms with Gasteiger partial charge in [0, 0.05) is 10.8 Å². The Morgan fingerprint density at radius 3 is 1.47 bits per heavy atom. The molecule has 0 fully saturated rings. The summed E-state index contributed by atoms with van der Waals surface area (Å²) in [6, 6.07) is 70.7. The molecule has 1 nitrogen and oxygen atoms in total. The Hall–Kier alpha value is -6.96.